The minimum absolute atomic E-state index is 0.0878. The molecule has 0 aliphatic carbocycles. The van der Waals surface area contributed by atoms with E-state index in [0.717, 1.165) is 16.3 Å². The van der Waals surface area contributed by atoms with Crippen molar-refractivity contribution in [1.29, 1.82) is 0 Å². The molecule has 2 aromatic carbocycles. The zero-order chi connectivity index (χ0) is 16.1. The number of para-hydroxylation sites is 2. The van der Waals surface area contributed by atoms with Crippen LogP contribution in [-0.2, 0) is 0 Å². The molecule has 0 fully saturated rings. The van der Waals surface area contributed by atoms with E-state index in [1.807, 2.05) is 36.4 Å². The zero-order valence-corrected chi connectivity index (χ0v) is 12.3. The highest BCUT2D eigenvalue weighted by Gasteiger charge is 2.20. The molecule has 0 amide bonds. The molecule has 6 nitrogen and oxygen atoms in total. The molecule has 1 aromatic heterocycles. The van der Waals surface area contributed by atoms with Gasteiger partial charge in [0.1, 0.15) is 11.1 Å². The second kappa shape index (κ2) is 4.73. The fourth-order valence-corrected chi connectivity index (χ4v) is 2.74. The maximum atomic E-state index is 12.2. The molecule has 5 rings (SSSR count). The molecule has 0 bridgehead atoms. The van der Waals surface area contributed by atoms with Crippen molar-refractivity contribution in [1.82, 2.24) is 15.2 Å². The van der Waals surface area contributed by atoms with Crippen LogP contribution in [0.1, 0.15) is 0 Å². The van der Waals surface area contributed by atoms with Crippen molar-refractivity contribution >= 4 is 21.9 Å². The summed E-state index contributed by atoms with van der Waals surface area (Å²) >= 11 is 0. The third kappa shape index (κ3) is 1.83. The summed E-state index contributed by atoms with van der Waals surface area (Å²) in [6, 6.07) is 16.5. The smallest absolute Gasteiger partial charge is 0.349 e. The molecule has 3 aromatic rings. The number of aromatic nitrogens is 3. The Balaban J connectivity index is 1.77. The molecule has 114 valence electrons. The van der Waals surface area contributed by atoms with Gasteiger partial charge in [0.2, 0.25) is 0 Å². The molecule has 3 heterocycles. The Morgan fingerprint density at radius 3 is 2.62 bits per heavy atom. The molecule has 24 heavy (non-hydrogen) atoms. The summed E-state index contributed by atoms with van der Waals surface area (Å²) in [5.41, 5.74) is 1.54. The van der Waals surface area contributed by atoms with Gasteiger partial charge >= 0.3 is 5.63 Å². The Labute approximate surface area is 134 Å². The maximum Gasteiger partial charge on any atom is 0.349 e. The number of hydrogen-bond acceptors (Lipinski definition) is 6. The van der Waals surface area contributed by atoms with E-state index >= 15 is 0 Å². The third-order valence-corrected chi connectivity index (χ3v) is 3.89. The first-order valence-corrected chi connectivity index (χ1v) is 7.35. The third-order valence-electron chi connectivity index (χ3n) is 3.89. The van der Waals surface area contributed by atoms with Crippen molar-refractivity contribution in [3.63, 3.8) is 0 Å². The van der Waals surface area contributed by atoms with Crippen molar-refractivity contribution in [3.8, 4) is 23.0 Å². The van der Waals surface area contributed by atoms with E-state index in [2.05, 4.69) is 15.2 Å². The lowest BCUT2D eigenvalue weighted by Gasteiger charge is -2.02. The summed E-state index contributed by atoms with van der Waals surface area (Å²) < 4.78 is 11.0. The van der Waals surface area contributed by atoms with Gasteiger partial charge in [0.15, 0.2) is 5.69 Å². The average Bonchev–Trinajstić information content (AvgIpc) is 2.99. The zero-order valence-electron chi connectivity index (χ0n) is 12.3. The Bertz CT molecular complexity index is 1240. The van der Waals surface area contributed by atoms with Crippen LogP contribution in [0.4, 0.5) is 0 Å². The summed E-state index contributed by atoms with van der Waals surface area (Å²) in [5.74, 6) is 0.429. The van der Waals surface area contributed by atoms with Crippen LogP contribution in [0.15, 0.2) is 68.2 Å². The SMILES string of the molecule is O=c1oc2ccccc2cc1-c1nnc2c3ccccc3nc-2o1. The lowest BCUT2D eigenvalue weighted by atomic mass is 10.2. The lowest BCUT2D eigenvalue weighted by Crippen LogP contribution is -2.05. The van der Waals surface area contributed by atoms with Crippen molar-refractivity contribution in [2.24, 2.45) is 0 Å². The second-order valence-corrected chi connectivity index (χ2v) is 5.38. The second-order valence-electron chi connectivity index (χ2n) is 5.38. The molecule has 0 atom stereocenters. The van der Waals surface area contributed by atoms with E-state index in [9.17, 15) is 4.79 Å². The number of hydrogen-bond donors (Lipinski definition) is 0. The largest absolute Gasteiger partial charge is 0.422 e. The highest BCUT2D eigenvalue weighted by Crippen LogP contribution is 2.30. The van der Waals surface area contributed by atoms with Gasteiger partial charge in [0, 0.05) is 10.8 Å². The molecule has 0 spiro atoms. The highest BCUT2D eigenvalue weighted by molar-refractivity contribution is 5.93. The molecule has 2 aliphatic rings. The topological polar surface area (TPSA) is 82.0 Å². The lowest BCUT2D eigenvalue weighted by molar-refractivity contribution is 0.517. The Kier molecular flexibility index (Phi) is 2.55. The highest BCUT2D eigenvalue weighted by atomic mass is 16.4. The maximum absolute atomic E-state index is 12.2. The molecule has 0 unspecified atom stereocenters. The monoisotopic (exact) mass is 315 g/mol. The van der Waals surface area contributed by atoms with Gasteiger partial charge in [-0.2, -0.15) is 0 Å². The van der Waals surface area contributed by atoms with Crippen molar-refractivity contribution in [2.45, 2.75) is 0 Å². The summed E-state index contributed by atoms with van der Waals surface area (Å²) in [6.07, 6.45) is 0. The standard InChI is InChI=1S/C18H9N3O3/c22-18-12(9-10-5-1-4-8-14(10)23-18)16-21-20-15-11-6-2-3-7-13(11)19-17(15)24-16/h1-9H. The average molecular weight is 315 g/mol. The van der Waals surface area contributed by atoms with Crippen LogP contribution < -0.4 is 5.63 Å². The fourth-order valence-electron chi connectivity index (χ4n) is 2.74. The van der Waals surface area contributed by atoms with Crippen LogP contribution in [0.2, 0.25) is 0 Å². The van der Waals surface area contributed by atoms with Crippen LogP contribution in [0.3, 0.4) is 0 Å². The van der Waals surface area contributed by atoms with E-state index in [1.54, 1.807) is 18.2 Å². The number of rotatable bonds is 1. The normalized spacial score (nSPS) is 11.5. The first kappa shape index (κ1) is 13.0. The fraction of sp³-hybridized carbons (Fsp3) is 0. The quantitative estimate of drug-likeness (QED) is 0.440. The van der Waals surface area contributed by atoms with E-state index in [4.69, 9.17) is 8.83 Å². The van der Waals surface area contributed by atoms with Crippen LogP contribution in [0.5, 0.6) is 0 Å². The number of nitrogens with zero attached hydrogens (tertiary/aromatic N) is 3. The molecular formula is C18H9N3O3. The van der Waals surface area contributed by atoms with E-state index in [-0.39, 0.29) is 11.5 Å². The molecule has 0 radical (unpaired) electrons. The molecule has 0 N–H and O–H groups in total. The Hall–Kier alpha value is -3.54. The molecule has 0 saturated carbocycles. The summed E-state index contributed by atoms with van der Waals surface area (Å²) in [5, 5.41) is 9.87. The van der Waals surface area contributed by atoms with E-state index in [0.29, 0.717) is 17.2 Å². The number of fused-ring (bicyclic) bond motifs is 4. The van der Waals surface area contributed by atoms with Gasteiger partial charge in [0.25, 0.3) is 11.8 Å². The van der Waals surface area contributed by atoms with Gasteiger partial charge in [-0.05, 0) is 18.2 Å². The number of benzene rings is 2. The van der Waals surface area contributed by atoms with Crippen molar-refractivity contribution < 1.29 is 8.83 Å². The summed E-state index contributed by atoms with van der Waals surface area (Å²) in [4.78, 5) is 16.6. The predicted octanol–water partition coefficient (Wildman–Crippen LogP) is 3.50. The molecule has 2 aliphatic heterocycles. The molecule has 6 heteroatoms. The van der Waals surface area contributed by atoms with E-state index < -0.39 is 5.63 Å². The first-order chi connectivity index (χ1) is 11.8. The summed E-state index contributed by atoms with van der Waals surface area (Å²) in [6.45, 7) is 0. The van der Waals surface area contributed by atoms with E-state index in [1.165, 1.54) is 0 Å². The van der Waals surface area contributed by atoms with Crippen LogP contribution in [0.25, 0.3) is 44.9 Å². The van der Waals surface area contributed by atoms with Gasteiger partial charge in [-0.25, -0.2) is 9.78 Å². The van der Waals surface area contributed by atoms with Crippen LogP contribution in [-0.4, -0.2) is 15.2 Å². The van der Waals surface area contributed by atoms with Gasteiger partial charge in [-0.15, -0.1) is 10.2 Å². The minimum atomic E-state index is -0.526. The molecular weight excluding hydrogens is 306 g/mol. The Morgan fingerprint density at radius 1 is 0.833 bits per heavy atom. The molecule has 0 saturated heterocycles. The van der Waals surface area contributed by atoms with Gasteiger partial charge in [0.05, 0.1) is 5.52 Å². The van der Waals surface area contributed by atoms with Gasteiger partial charge in [-0.1, -0.05) is 36.4 Å². The van der Waals surface area contributed by atoms with Crippen molar-refractivity contribution in [2.75, 3.05) is 0 Å². The van der Waals surface area contributed by atoms with Gasteiger partial charge in [-0.3, -0.25) is 0 Å². The predicted molar refractivity (Wildman–Crippen MR) is 87.7 cm³/mol. The Morgan fingerprint density at radius 2 is 1.67 bits per heavy atom. The first-order valence-electron chi connectivity index (χ1n) is 7.35. The van der Waals surface area contributed by atoms with Crippen LogP contribution >= 0.6 is 0 Å². The van der Waals surface area contributed by atoms with Crippen molar-refractivity contribution in [3.05, 3.63) is 65.0 Å². The minimum Gasteiger partial charge on any atom is -0.422 e. The van der Waals surface area contributed by atoms with Gasteiger partial charge < -0.3 is 8.83 Å². The van der Waals surface area contributed by atoms with Crippen LogP contribution in [0, 0.1) is 0 Å². The summed E-state index contributed by atoms with van der Waals surface area (Å²) in [7, 11) is 0.